The molecule has 1 aliphatic rings. The molecule has 100 valence electrons. The molecule has 0 saturated carbocycles. The summed E-state index contributed by atoms with van der Waals surface area (Å²) in [6.45, 7) is 1.53. The summed E-state index contributed by atoms with van der Waals surface area (Å²) in [6, 6.07) is 5.00. The third-order valence-electron chi connectivity index (χ3n) is 2.56. The summed E-state index contributed by atoms with van der Waals surface area (Å²) < 4.78 is 33.9. The lowest BCUT2D eigenvalue weighted by Crippen LogP contribution is -2.43. The molecule has 0 bridgehead atoms. The number of ether oxygens (including phenoxy) is 1. The second kappa shape index (κ2) is 5.43. The minimum Gasteiger partial charge on any atom is -0.397 e. The van der Waals surface area contributed by atoms with Crippen LogP contribution >= 0.6 is 15.9 Å². The minimum atomic E-state index is -3.56. The topological polar surface area (TPSA) is 84.7 Å². The van der Waals surface area contributed by atoms with E-state index in [0.717, 1.165) is 4.47 Å². The number of hydrogen-bond donors (Lipinski definition) is 2. The van der Waals surface area contributed by atoms with Gasteiger partial charge < -0.3 is 10.5 Å². The van der Waals surface area contributed by atoms with E-state index in [-0.39, 0.29) is 0 Å². The molecule has 18 heavy (non-hydrogen) atoms. The predicted octanol–water partition coefficient (Wildman–Crippen LogP) is 1.02. The van der Waals surface area contributed by atoms with E-state index in [1.165, 1.54) is 4.31 Å². The second-order valence-electron chi connectivity index (χ2n) is 3.85. The molecule has 1 fully saturated rings. The summed E-state index contributed by atoms with van der Waals surface area (Å²) in [7, 11) is -3.56. The van der Waals surface area contributed by atoms with Crippen molar-refractivity contribution < 1.29 is 13.2 Å². The molecule has 1 aromatic carbocycles. The molecule has 1 aliphatic heterocycles. The van der Waals surface area contributed by atoms with E-state index in [2.05, 4.69) is 20.7 Å². The highest BCUT2D eigenvalue weighted by molar-refractivity contribution is 9.10. The zero-order valence-corrected chi connectivity index (χ0v) is 12.0. The van der Waals surface area contributed by atoms with Gasteiger partial charge in [-0.1, -0.05) is 15.9 Å². The Morgan fingerprint density at radius 3 is 2.61 bits per heavy atom. The smallest absolute Gasteiger partial charge is 0.301 e. The van der Waals surface area contributed by atoms with Crippen molar-refractivity contribution in [1.29, 1.82) is 0 Å². The van der Waals surface area contributed by atoms with Gasteiger partial charge in [0, 0.05) is 17.6 Å². The van der Waals surface area contributed by atoms with Crippen LogP contribution in [-0.2, 0) is 14.9 Å². The van der Waals surface area contributed by atoms with Crippen LogP contribution in [0.1, 0.15) is 0 Å². The van der Waals surface area contributed by atoms with Gasteiger partial charge in [-0.3, -0.25) is 4.72 Å². The molecule has 0 radical (unpaired) electrons. The summed E-state index contributed by atoms with van der Waals surface area (Å²) in [4.78, 5) is 0. The van der Waals surface area contributed by atoms with Crippen molar-refractivity contribution in [2.24, 2.45) is 0 Å². The molecule has 1 saturated heterocycles. The van der Waals surface area contributed by atoms with Gasteiger partial charge in [0.25, 0.3) is 0 Å². The maximum absolute atomic E-state index is 12.1. The highest BCUT2D eigenvalue weighted by Gasteiger charge is 2.24. The molecule has 0 spiro atoms. The van der Waals surface area contributed by atoms with Crippen LogP contribution in [0.4, 0.5) is 11.4 Å². The number of rotatable bonds is 3. The van der Waals surface area contributed by atoms with E-state index < -0.39 is 10.2 Å². The molecule has 1 heterocycles. The largest absolute Gasteiger partial charge is 0.397 e. The fourth-order valence-electron chi connectivity index (χ4n) is 1.62. The van der Waals surface area contributed by atoms with Crippen LogP contribution < -0.4 is 10.5 Å². The average Bonchev–Trinajstić information content (AvgIpc) is 2.34. The maximum Gasteiger partial charge on any atom is 0.301 e. The number of nitrogen functional groups attached to an aromatic ring is 1. The highest BCUT2D eigenvalue weighted by atomic mass is 79.9. The van der Waals surface area contributed by atoms with E-state index in [1.54, 1.807) is 18.2 Å². The van der Waals surface area contributed by atoms with E-state index in [9.17, 15) is 8.42 Å². The van der Waals surface area contributed by atoms with Gasteiger partial charge in [-0.25, -0.2) is 0 Å². The SMILES string of the molecule is Nc1cc(Br)ccc1NS(=O)(=O)N1CCOCC1. The molecule has 0 unspecified atom stereocenters. The Balaban J connectivity index is 2.16. The van der Waals surface area contributed by atoms with Gasteiger partial charge in [0.1, 0.15) is 0 Å². The van der Waals surface area contributed by atoms with Crippen LogP contribution in [0.25, 0.3) is 0 Å². The van der Waals surface area contributed by atoms with Crippen molar-refractivity contribution in [1.82, 2.24) is 4.31 Å². The third-order valence-corrected chi connectivity index (χ3v) is 4.58. The number of anilines is 2. The molecular weight excluding hydrogens is 322 g/mol. The van der Waals surface area contributed by atoms with Crippen LogP contribution in [0.2, 0.25) is 0 Å². The number of nitrogens with two attached hydrogens (primary N) is 1. The first-order valence-electron chi connectivity index (χ1n) is 5.40. The molecule has 0 amide bonds. The summed E-state index contributed by atoms with van der Waals surface area (Å²) in [5, 5.41) is 0. The van der Waals surface area contributed by atoms with E-state index in [1.807, 2.05) is 0 Å². The quantitative estimate of drug-likeness (QED) is 0.807. The van der Waals surface area contributed by atoms with Gasteiger partial charge in [0.15, 0.2) is 0 Å². The van der Waals surface area contributed by atoms with Crippen molar-refractivity contribution >= 4 is 37.5 Å². The summed E-state index contributed by atoms with van der Waals surface area (Å²) in [5.74, 6) is 0. The Labute approximate surface area is 114 Å². The van der Waals surface area contributed by atoms with Crippen molar-refractivity contribution in [2.45, 2.75) is 0 Å². The van der Waals surface area contributed by atoms with E-state index in [4.69, 9.17) is 10.5 Å². The van der Waals surface area contributed by atoms with Crippen molar-refractivity contribution in [3.63, 3.8) is 0 Å². The van der Waals surface area contributed by atoms with Crippen LogP contribution in [0.5, 0.6) is 0 Å². The van der Waals surface area contributed by atoms with Gasteiger partial charge in [0.2, 0.25) is 0 Å². The number of nitrogens with zero attached hydrogens (tertiary/aromatic N) is 1. The van der Waals surface area contributed by atoms with Gasteiger partial charge in [-0.15, -0.1) is 0 Å². The Hall–Kier alpha value is -0.830. The summed E-state index contributed by atoms with van der Waals surface area (Å²) >= 11 is 3.27. The third kappa shape index (κ3) is 3.14. The Kier molecular flexibility index (Phi) is 4.10. The zero-order valence-electron chi connectivity index (χ0n) is 9.60. The van der Waals surface area contributed by atoms with Crippen LogP contribution in [0.3, 0.4) is 0 Å². The molecule has 2 rings (SSSR count). The van der Waals surface area contributed by atoms with E-state index >= 15 is 0 Å². The van der Waals surface area contributed by atoms with Crippen LogP contribution in [0, 0.1) is 0 Å². The first-order chi connectivity index (χ1) is 8.49. The second-order valence-corrected chi connectivity index (χ2v) is 6.44. The number of morpholine rings is 1. The number of benzene rings is 1. The van der Waals surface area contributed by atoms with Crippen molar-refractivity contribution in [3.8, 4) is 0 Å². The molecule has 3 N–H and O–H groups in total. The summed E-state index contributed by atoms with van der Waals surface area (Å²) in [5.41, 5.74) is 6.51. The fraction of sp³-hybridized carbons (Fsp3) is 0.400. The van der Waals surface area contributed by atoms with Crippen molar-refractivity contribution in [2.75, 3.05) is 36.8 Å². The normalized spacial score (nSPS) is 17.6. The van der Waals surface area contributed by atoms with E-state index in [0.29, 0.717) is 37.7 Å². The fourth-order valence-corrected chi connectivity index (χ4v) is 3.22. The van der Waals surface area contributed by atoms with Crippen LogP contribution in [-0.4, -0.2) is 39.0 Å². The summed E-state index contributed by atoms with van der Waals surface area (Å²) in [6.07, 6.45) is 0. The first kappa shape index (κ1) is 13.6. The lowest BCUT2D eigenvalue weighted by atomic mass is 10.3. The Morgan fingerprint density at radius 2 is 2.00 bits per heavy atom. The molecule has 1 aromatic rings. The monoisotopic (exact) mass is 335 g/mol. The Morgan fingerprint density at radius 1 is 1.33 bits per heavy atom. The average molecular weight is 336 g/mol. The lowest BCUT2D eigenvalue weighted by Gasteiger charge is -2.26. The molecule has 0 aliphatic carbocycles. The molecule has 6 nitrogen and oxygen atoms in total. The minimum absolute atomic E-state index is 0.353. The molecule has 0 aromatic heterocycles. The van der Waals surface area contributed by atoms with Gasteiger partial charge in [-0.2, -0.15) is 12.7 Å². The predicted molar refractivity (Wildman–Crippen MR) is 73.5 cm³/mol. The lowest BCUT2D eigenvalue weighted by molar-refractivity contribution is 0.0733. The molecule has 8 heteroatoms. The molecule has 0 atom stereocenters. The Bertz CT molecular complexity index is 529. The first-order valence-corrected chi connectivity index (χ1v) is 7.63. The standard InChI is InChI=1S/C10H14BrN3O3S/c11-8-1-2-10(9(12)7-8)13-18(15,16)14-3-5-17-6-4-14/h1-2,7,13H,3-6,12H2. The van der Waals surface area contributed by atoms with Crippen LogP contribution in [0.15, 0.2) is 22.7 Å². The van der Waals surface area contributed by atoms with Gasteiger partial charge in [-0.05, 0) is 18.2 Å². The zero-order chi connectivity index (χ0) is 13.2. The molecular formula is C10H14BrN3O3S. The number of hydrogen-bond acceptors (Lipinski definition) is 4. The highest BCUT2D eigenvalue weighted by Crippen LogP contribution is 2.24. The number of halogens is 1. The maximum atomic E-state index is 12.1. The van der Waals surface area contributed by atoms with Gasteiger partial charge in [0.05, 0.1) is 24.6 Å². The number of nitrogens with one attached hydrogen (secondary N) is 1. The van der Waals surface area contributed by atoms with Crippen molar-refractivity contribution in [3.05, 3.63) is 22.7 Å². The van der Waals surface area contributed by atoms with Gasteiger partial charge >= 0.3 is 10.2 Å².